The van der Waals surface area contributed by atoms with E-state index < -0.39 is 195 Å². The molecule has 0 atom stereocenters. The molecule has 74 heavy (non-hydrogen) atoms. The molecule has 0 spiro atoms. The van der Waals surface area contributed by atoms with E-state index in [0.717, 1.165) is 10.9 Å². The molecule has 392 valence electrons. The smallest absolute Gasteiger partial charge is 0.194 e. The van der Waals surface area contributed by atoms with Gasteiger partial charge in [-0.3, -0.25) is 0 Å². The van der Waals surface area contributed by atoms with Crippen molar-refractivity contribution in [2.45, 2.75) is 56.0 Å². The number of hydrogen-bond acceptors (Lipinski definition) is 2. The van der Waals surface area contributed by atoms with Crippen LogP contribution < -0.4 is 26.4 Å². The molecule has 0 saturated heterocycles. The first-order chi connectivity index (χ1) is 33.6. The number of aromatic nitrogens is 1. The molecule has 1 heterocycles. The molecular weight excluding hydrogens is 1060 g/mol. The number of benzene rings is 5. The Kier molecular flexibility index (Phi) is 15.4. The number of halogens is 24. The van der Waals surface area contributed by atoms with Gasteiger partial charge in [0.2, 0.25) is 5.52 Å². The molecule has 0 saturated carbocycles. The summed E-state index contributed by atoms with van der Waals surface area (Å²) in [4.78, 5) is 0. The summed E-state index contributed by atoms with van der Waals surface area (Å²) in [6, 6.07) is 6.89. The Bertz CT molecular complexity index is 2710. The monoisotopic (exact) mass is 1080 g/mol. The van der Waals surface area contributed by atoms with Gasteiger partial charge in [0.25, 0.3) is 0 Å². The van der Waals surface area contributed by atoms with Crippen molar-refractivity contribution in [1.29, 1.82) is 10.5 Å². The lowest BCUT2D eigenvalue weighted by molar-refractivity contribution is -0.661. The summed E-state index contributed by atoms with van der Waals surface area (Å²) < 4.78 is 343. The topological polar surface area (TPSA) is 51.5 Å². The standard InChI is InChI=1S/C32H12BF24.C14H10N3/c34-25(35,36)13-1-14(26(37,38)39)6-21(5-13)33(22-7-15(27(40,41)42)2-16(8-22)28(43,44)45,23-9-17(29(46,47)48)3-18(10-23)30(49,50)51)24-11-19(31(52,53)54)4-20(12-24)32(55,56)57;15-10-12(11-16)7-9-17-8-3-5-13-4-1-2-6-14(13)17/h1-12H;1-8H,9H2/q-1;+1. The maximum atomic E-state index is 14.2. The summed E-state index contributed by atoms with van der Waals surface area (Å²) >= 11 is 0. The minimum Gasteiger partial charge on any atom is -0.194 e. The highest BCUT2D eigenvalue weighted by molar-refractivity contribution is 7.20. The zero-order chi connectivity index (χ0) is 56.0. The van der Waals surface area contributed by atoms with Crippen LogP contribution in [0.5, 0.6) is 0 Å². The third-order valence-electron chi connectivity index (χ3n) is 11.0. The van der Waals surface area contributed by atoms with Gasteiger partial charge in [-0.15, -0.1) is 0 Å². The number of hydrogen-bond donors (Lipinski definition) is 0. The van der Waals surface area contributed by atoms with Crippen LogP contribution in [-0.2, 0) is 56.0 Å². The second kappa shape index (κ2) is 19.8. The molecule has 3 nitrogen and oxygen atoms in total. The second-order valence-electron chi connectivity index (χ2n) is 15.8. The minimum absolute atomic E-state index is 0.144. The molecule has 0 bridgehead atoms. The minimum atomic E-state index is -6.13. The van der Waals surface area contributed by atoms with E-state index in [2.05, 4.69) is 0 Å². The van der Waals surface area contributed by atoms with Crippen LogP contribution in [0.2, 0.25) is 0 Å². The van der Waals surface area contributed by atoms with Crippen LogP contribution in [0.25, 0.3) is 10.9 Å². The first-order valence-electron chi connectivity index (χ1n) is 19.8. The van der Waals surface area contributed by atoms with Crippen LogP contribution in [0.3, 0.4) is 0 Å². The van der Waals surface area contributed by atoms with Crippen LogP contribution in [-0.4, -0.2) is 6.15 Å². The Morgan fingerprint density at radius 3 is 0.865 bits per heavy atom. The fourth-order valence-corrected chi connectivity index (χ4v) is 7.76. The molecule has 6 rings (SSSR count). The van der Waals surface area contributed by atoms with Gasteiger partial charge >= 0.3 is 49.4 Å². The predicted molar refractivity (Wildman–Crippen MR) is 214 cm³/mol. The Morgan fingerprint density at radius 1 is 0.378 bits per heavy atom. The van der Waals surface area contributed by atoms with Crippen molar-refractivity contribution in [2.75, 3.05) is 0 Å². The highest BCUT2D eigenvalue weighted by Crippen LogP contribution is 2.41. The number of nitrogens with zero attached hydrogens (tertiary/aromatic N) is 3. The molecule has 6 aromatic rings. The van der Waals surface area contributed by atoms with Crippen LogP contribution in [0, 0.1) is 22.7 Å². The molecule has 0 aliphatic carbocycles. The Labute approximate surface area is 398 Å². The molecule has 0 radical (unpaired) electrons. The van der Waals surface area contributed by atoms with Crippen molar-refractivity contribution in [3.63, 3.8) is 0 Å². The maximum absolute atomic E-state index is 14.2. The summed E-state index contributed by atoms with van der Waals surface area (Å²) in [5.74, 6) is 0. The van der Waals surface area contributed by atoms with Gasteiger partial charge in [0.15, 0.2) is 12.7 Å². The third kappa shape index (κ3) is 12.9. The largest absolute Gasteiger partial charge is 0.416 e. The van der Waals surface area contributed by atoms with Gasteiger partial charge in [0.1, 0.15) is 23.9 Å². The zero-order valence-corrected chi connectivity index (χ0v) is 35.7. The lowest BCUT2D eigenvalue weighted by Crippen LogP contribution is -2.75. The Hall–Kier alpha value is -7.39. The summed E-state index contributed by atoms with van der Waals surface area (Å²) in [6.45, 7) is 0.526. The maximum Gasteiger partial charge on any atom is 0.416 e. The van der Waals surface area contributed by atoms with E-state index >= 15 is 0 Å². The molecule has 0 aliphatic heterocycles. The summed E-state index contributed by atoms with van der Waals surface area (Å²) in [5, 5.41) is 18.5. The molecule has 0 amide bonds. The van der Waals surface area contributed by atoms with Gasteiger partial charge in [-0.2, -0.15) is 142 Å². The number of para-hydroxylation sites is 1. The first kappa shape index (κ1) is 57.5. The van der Waals surface area contributed by atoms with Crippen molar-refractivity contribution in [2.24, 2.45) is 0 Å². The third-order valence-corrected chi connectivity index (χ3v) is 11.0. The molecule has 0 aliphatic rings. The highest BCUT2D eigenvalue weighted by Gasteiger charge is 2.47. The number of fused-ring (bicyclic) bond motifs is 1. The number of allylic oxidation sites excluding steroid dienone is 2. The average molecular weight is 1080 g/mol. The van der Waals surface area contributed by atoms with E-state index in [1.807, 2.05) is 59.3 Å². The highest BCUT2D eigenvalue weighted by atomic mass is 19.4. The van der Waals surface area contributed by atoms with Crippen molar-refractivity contribution in [3.8, 4) is 12.1 Å². The molecule has 0 fully saturated rings. The summed E-state index contributed by atoms with van der Waals surface area (Å²) in [7, 11) is 0. The number of rotatable bonds is 6. The number of pyridine rings is 1. The van der Waals surface area contributed by atoms with E-state index in [-0.39, 0.29) is 5.57 Å². The van der Waals surface area contributed by atoms with Crippen LogP contribution in [0.4, 0.5) is 105 Å². The number of alkyl halides is 24. The second-order valence-corrected chi connectivity index (χ2v) is 15.8. The quantitative estimate of drug-likeness (QED) is 0.0722. The van der Waals surface area contributed by atoms with Crippen molar-refractivity contribution in [1.82, 2.24) is 0 Å². The van der Waals surface area contributed by atoms with Gasteiger partial charge in [0, 0.05) is 23.6 Å². The average Bonchev–Trinajstić information content (AvgIpc) is 3.27. The predicted octanol–water partition coefficient (Wildman–Crippen LogP) is 13.3. The van der Waals surface area contributed by atoms with E-state index in [9.17, 15) is 105 Å². The Balaban J connectivity index is 0.000000500. The molecule has 1 aromatic heterocycles. The van der Waals surface area contributed by atoms with Crippen molar-refractivity contribution < 1.29 is 110 Å². The summed E-state index contributed by atoms with van der Waals surface area (Å²) in [6.07, 6.45) is -51.2. The molecule has 28 heteroatoms. The first-order valence-corrected chi connectivity index (χ1v) is 19.8. The van der Waals surface area contributed by atoms with Crippen LogP contribution >= 0.6 is 0 Å². The van der Waals surface area contributed by atoms with Gasteiger partial charge in [-0.25, -0.2) is 0 Å². The molecule has 0 unspecified atom stereocenters. The van der Waals surface area contributed by atoms with E-state index in [1.54, 1.807) is 6.08 Å². The molecule has 5 aromatic carbocycles. The van der Waals surface area contributed by atoms with Gasteiger partial charge < -0.3 is 0 Å². The fourth-order valence-electron chi connectivity index (χ4n) is 7.76. The normalized spacial score (nSPS) is 13.2. The van der Waals surface area contributed by atoms with Gasteiger partial charge in [0.05, 0.1) is 44.5 Å². The lowest BCUT2D eigenvalue weighted by Gasteiger charge is -2.46. The number of nitriles is 2. The zero-order valence-electron chi connectivity index (χ0n) is 35.7. The van der Waals surface area contributed by atoms with Gasteiger partial charge in [-0.05, 0) is 36.4 Å². The summed E-state index contributed by atoms with van der Waals surface area (Å²) in [5.41, 5.74) is -29.0. The van der Waals surface area contributed by atoms with E-state index in [4.69, 9.17) is 10.5 Å². The van der Waals surface area contributed by atoms with Gasteiger partial charge in [-0.1, -0.05) is 60.7 Å². The Morgan fingerprint density at radius 2 is 0.622 bits per heavy atom. The molecule has 0 N–H and O–H groups in total. The van der Waals surface area contributed by atoms with Crippen molar-refractivity contribution in [3.05, 3.63) is 172 Å². The van der Waals surface area contributed by atoms with Crippen molar-refractivity contribution >= 4 is 38.9 Å². The molecular formula is C46H22BF24N3. The van der Waals surface area contributed by atoms with E-state index in [1.165, 1.54) is 0 Å². The lowest BCUT2D eigenvalue weighted by atomic mass is 9.12. The fraction of sp³-hybridized carbons (Fsp3) is 0.196. The van der Waals surface area contributed by atoms with Crippen LogP contribution in [0.15, 0.2) is 127 Å². The van der Waals surface area contributed by atoms with Crippen LogP contribution in [0.1, 0.15) is 44.5 Å². The SMILES string of the molecule is FC(F)(F)c1cc([B-](c2cc(C(F)(F)F)cc(C(F)(F)F)c2)(c2cc(C(F)(F)F)cc(C(F)(F)F)c2)c2cc(C(F)(F)F)cc(C(F)(F)F)c2)cc(C(F)(F)F)c1.N#CC(C#N)=CC[n+]1cccc2ccccc21. The van der Waals surface area contributed by atoms with E-state index in [0.29, 0.717) is 6.54 Å².